The second kappa shape index (κ2) is 11.8. The molecular weight excluding hydrogens is 616 g/mol. The number of nitrogens with one attached hydrogen (secondary N) is 1. The Kier molecular flexibility index (Phi) is 8.48. The van der Waals surface area contributed by atoms with Gasteiger partial charge < -0.3 is 0 Å². The molecule has 2 aliphatic heterocycles. The van der Waals surface area contributed by atoms with Gasteiger partial charge in [0.15, 0.2) is 0 Å². The summed E-state index contributed by atoms with van der Waals surface area (Å²) in [6, 6.07) is 8.67. The molecule has 16 heteroatoms. The van der Waals surface area contributed by atoms with Crippen LogP contribution in [0.2, 0.25) is 0 Å². The fourth-order valence-corrected chi connectivity index (χ4v) is 9.57. The summed E-state index contributed by atoms with van der Waals surface area (Å²) in [6.07, 6.45) is -1.08. The van der Waals surface area contributed by atoms with Gasteiger partial charge in [-0.3, -0.25) is 4.79 Å². The number of aromatic nitrogens is 4. The number of hydrogen-bond acceptors (Lipinski definition) is 12. The van der Waals surface area contributed by atoms with Crippen molar-refractivity contribution in [2.45, 2.75) is 38.4 Å². The Bertz CT molecular complexity index is 1380. The number of nitrogens with zero attached hydrogens (tertiary/aromatic N) is 4. The van der Waals surface area contributed by atoms with Crippen LogP contribution in [0.4, 0.5) is 5.82 Å². The summed E-state index contributed by atoms with van der Waals surface area (Å²) in [5.74, 6) is -0.552. The van der Waals surface area contributed by atoms with Crippen LogP contribution in [0.25, 0.3) is 11.2 Å². The van der Waals surface area contributed by atoms with Crippen molar-refractivity contribution >= 4 is 67.4 Å². The maximum atomic E-state index is 12.7. The van der Waals surface area contributed by atoms with Gasteiger partial charge in [-0.2, -0.15) is 0 Å². The average molecular weight is 640 g/mol. The number of rotatable bonds is 8. The second-order valence-electron chi connectivity index (χ2n) is 8.49. The molecule has 5 atom stereocenters. The molecule has 0 radical (unpaired) electrons. The Morgan fingerprint density at radius 1 is 1.13 bits per heavy atom. The van der Waals surface area contributed by atoms with Crippen LogP contribution in [-0.4, -0.2) is 90.2 Å². The van der Waals surface area contributed by atoms with Gasteiger partial charge in [-0.15, -0.1) is 0 Å². The number of carbonyl (C=O) groups is 3. The van der Waals surface area contributed by atoms with E-state index in [1.807, 2.05) is 6.07 Å². The molecule has 2 aliphatic rings. The number of amides is 1. The van der Waals surface area contributed by atoms with Crippen molar-refractivity contribution in [3.8, 4) is 0 Å². The minimum atomic E-state index is -2.26. The molecule has 0 bridgehead atoms. The third-order valence-corrected chi connectivity index (χ3v) is 12.8. The zero-order valence-electron chi connectivity index (χ0n) is 20.8. The summed E-state index contributed by atoms with van der Waals surface area (Å²) in [5, 5.41) is 2.75. The van der Waals surface area contributed by atoms with Crippen LogP contribution in [0.15, 0.2) is 43.0 Å². The molecule has 206 valence electrons. The van der Waals surface area contributed by atoms with E-state index in [1.165, 1.54) is 26.5 Å². The van der Waals surface area contributed by atoms with Crippen LogP contribution in [0.1, 0.15) is 30.4 Å². The molecule has 1 N–H and O–H groups in total. The topological polar surface area (TPSA) is 153 Å². The molecule has 4 heterocycles. The number of hydrogen-bond donors (Lipinski definition) is 1. The van der Waals surface area contributed by atoms with E-state index in [1.54, 1.807) is 40.2 Å². The van der Waals surface area contributed by atoms with Gasteiger partial charge in [-0.25, -0.2) is 0 Å². The van der Waals surface area contributed by atoms with Crippen molar-refractivity contribution in [3.05, 3.63) is 48.5 Å². The predicted molar refractivity (Wildman–Crippen MR) is 142 cm³/mol. The van der Waals surface area contributed by atoms with E-state index < -0.39 is 42.1 Å². The first-order chi connectivity index (χ1) is 18.7. The summed E-state index contributed by atoms with van der Waals surface area (Å²) in [4.78, 5) is 49.7. The first-order valence-electron chi connectivity index (χ1n) is 11.8. The average Bonchev–Trinajstić information content (AvgIpc) is 3.61. The Morgan fingerprint density at radius 2 is 1.87 bits per heavy atom. The van der Waals surface area contributed by atoms with Gasteiger partial charge in [0.05, 0.1) is 0 Å². The Morgan fingerprint density at radius 3 is 2.56 bits per heavy atom. The van der Waals surface area contributed by atoms with Gasteiger partial charge in [-0.05, 0) is 12.1 Å². The van der Waals surface area contributed by atoms with Gasteiger partial charge in [0, 0.05) is 5.56 Å². The number of ether oxygens (including phenoxy) is 3. The van der Waals surface area contributed by atoms with Gasteiger partial charge in [0.1, 0.15) is 0 Å². The van der Waals surface area contributed by atoms with E-state index >= 15 is 0 Å². The quantitative estimate of drug-likeness (QED) is 0.219. The molecule has 39 heavy (non-hydrogen) atoms. The van der Waals surface area contributed by atoms with Crippen LogP contribution in [0.3, 0.4) is 0 Å². The molecule has 1 aromatic carbocycles. The number of imidazole rings is 1. The number of benzene rings is 1. The Labute approximate surface area is 235 Å². The predicted octanol–water partition coefficient (Wildman–Crippen LogP) is 2.47. The van der Waals surface area contributed by atoms with Gasteiger partial charge >= 0.3 is 195 Å². The molecular formula is C23H24N5O8PSSe. The molecule has 3 aromatic rings. The molecule has 1 amide bonds. The van der Waals surface area contributed by atoms with Gasteiger partial charge in [0.25, 0.3) is 0 Å². The van der Waals surface area contributed by atoms with Crippen molar-refractivity contribution in [1.82, 2.24) is 19.5 Å². The molecule has 0 saturated carbocycles. The molecule has 1 unspecified atom stereocenters. The van der Waals surface area contributed by atoms with Crippen molar-refractivity contribution in [3.63, 3.8) is 0 Å². The van der Waals surface area contributed by atoms with Crippen LogP contribution in [0, 0.1) is 0 Å². The van der Waals surface area contributed by atoms with Crippen LogP contribution >= 0.6 is 17.0 Å². The number of carbonyl (C=O) groups excluding carboxylic acids is 3. The Balaban J connectivity index is 1.45. The first-order valence-corrected chi connectivity index (χ1v) is 17.2. The molecule has 0 aliphatic carbocycles. The van der Waals surface area contributed by atoms with E-state index in [2.05, 4.69) is 35.8 Å². The summed E-state index contributed by atoms with van der Waals surface area (Å²) in [7, 11) is 0. The minimum absolute atomic E-state index is 0.0139. The molecule has 2 saturated heterocycles. The van der Waals surface area contributed by atoms with Crippen molar-refractivity contribution in [2.24, 2.45) is 0 Å². The first kappa shape index (κ1) is 27.9. The fourth-order valence-electron chi connectivity index (χ4n) is 4.19. The van der Waals surface area contributed by atoms with Crippen molar-refractivity contribution in [2.75, 3.05) is 24.3 Å². The molecule has 2 aromatic heterocycles. The number of anilines is 1. The van der Waals surface area contributed by atoms with E-state index in [0.717, 1.165) is 5.75 Å². The summed E-state index contributed by atoms with van der Waals surface area (Å²) in [5.41, 5.74) is -1.22. The number of fused-ring (bicyclic) bond motifs is 1. The Hall–Kier alpha value is -2.64. The maximum absolute atomic E-state index is 12.7. The monoisotopic (exact) mass is 641 g/mol. The second-order valence-corrected chi connectivity index (χ2v) is 17.4. The van der Waals surface area contributed by atoms with E-state index in [4.69, 9.17) is 23.3 Å². The molecule has 5 rings (SSSR count). The SMILES string of the molecule is CC(=O)O[C@@H]1[C@H](OC(C)=O)[C@@H](CO[P+]2([Se-])OCCS2)O[C@H]1n1cnc2c(NC(=O)c3ccccc3)ncnc21. The zero-order chi connectivity index (χ0) is 27.6. The van der Waals surface area contributed by atoms with Gasteiger partial charge in [0.2, 0.25) is 0 Å². The molecule has 13 nitrogen and oxygen atoms in total. The van der Waals surface area contributed by atoms with Crippen molar-refractivity contribution < 1.29 is 37.6 Å². The van der Waals surface area contributed by atoms with Crippen LogP contribution < -0.4 is 5.32 Å². The standard InChI is InChI=1S/C23H24N5O8PSSe/c1-13(29)34-18-16(10-33-37(39)32-8-9-38-37)36-23(19(18)35-14(2)30)28-12-26-17-20(24-11-25-21(17)28)27-22(31)15-6-4-3-5-7-15/h3-7,11-12,16,18-19,23H,8-10H2,1-2H3,(H,24,25,27,31)/t16-,18-,19-,23-,37?/m1/s1. The normalized spacial score (nSPS) is 26.4. The van der Waals surface area contributed by atoms with E-state index in [9.17, 15) is 14.4 Å². The summed E-state index contributed by atoms with van der Waals surface area (Å²) < 4.78 is 30.7. The third-order valence-electron chi connectivity index (χ3n) is 5.77. The molecule has 0 spiro atoms. The zero-order valence-corrected chi connectivity index (χ0v) is 24.2. The van der Waals surface area contributed by atoms with Crippen molar-refractivity contribution in [1.29, 1.82) is 0 Å². The third kappa shape index (κ3) is 6.25. The van der Waals surface area contributed by atoms with Crippen LogP contribution in [0.5, 0.6) is 0 Å². The van der Waals surface area contributed by atoms with E-state index in [0.29, 0.717) is 23.3 Å². The number of esters is 2. The molecule has 2 fully saturated rings. The summed E-state index contributed by atoms with van der Waals surface area (Å²) in [6.45, 7) is 3.09. The summed E-state index contributed by atoms with van der Waals surface area (Å²) >= 11 is 4.54. The van der Waals surface area contributed by atoms with Gasteiger partial charge in [-0.1, -0.05) is 18.2 Å². The van der Waals surface area contributed by atoms with Crippen LogP contribution in [-0.2, 0) is 32.8 Å². The van der Waals surface area contributed by atoms with E-state index in [-0.39, 0.29) is 18.3 Å². The fraction of sp³-hybridized carbons (Fsp3) is 0.391.